The Bertz CT molecular complexity index is 1210. The van der Waals surface area contributed by atoms with Crippen molar-refractivity contribution in [1.82, 2.24) is 5.01 Å². The number of benzene rings is 2. The lowest BCUT2D eigenvalue weighted by Gasteiger charge is -2.35. The maximum absolute atomic E-state index is 12.2. The highest BCUT2D eigenvalue weighted by Gasteiger charge is 2.30. The van der Waals surface area contributed by atoms with E-state index < -0.39 is 11.1 Å². The molecule has 0 radical (unpaired) electrons. The number of hydrazone groups is 1. The van der Waals surface area contributed by atoms with Crippen molar-refractivity contribution in [2.24, 2.45) is 11.0 Å². The predicted octanol–water partition coefficient (Wildman–Crippen LogP) is 4.46. The Morgan fingerprint density at radius 2 is 1.89 bits per heavy atom. The van der Waals surface area contributed by atoms with E-state index in [1.807, 2.05) is 41.4 Å². The minimum Gasteiger partial charge on any atom is -0.459 e. The van der Waals surface area contributed by atoms with Crippen molar-refractivity contribution in [3.05, 3.63) is 89.4 Å². The minimum atomic E-state index is -1.89. The van der Waals surface area contributed by atoms with Crippen molar-refractivity contribution in [2.45, 2.75) is 38.1 Å². The highest BCUT2D eigenvalue weighted by atomic mass is 32.2. The largest absolute Gasteiger partial charge is 0.459 e. The second-order valence-corrected chi connectivity index (χ2v) is 9.35. The number of amides is 1. The molecule has 1 aromatic heterocycles. The van der Waals surface area contributed by atoms with Gasteiger partial charge < -0.3 is 19.1 Å². The van der Waals surface area contributed by atoms with Gasteiger partial charge in [0.25, 0.3) is 5.91 Å². The van der Waals surface area contributed by atoms with Gasteiger partial charge in [0.05, 0.1) is 24.3 Å². The molecule has 2 aromatic carbocycles. The van der Waals surface area contributed by atoms with Gasteiger partial charge in [-0.1, -0.05) is 43.3 Å². The molecule has 35 heavy (non-hydrogen) atoms. The van der Waals surface area contributed by atoms with Crippen molar-refractivity contribution >= 4 is 34.7 Å². The van der Waals surface area contributed by atoms with Crippen LogP contribution >= 0.6 is 0 Å². The van der Waals surface area contributed by atoms with Gasteiger partial charge in [0.2, 0.25) is 0 Å². The fourth-order valence-electron chi connectivity index (χ4n) is 4.15. The summed E-state index contributed by atoms with van der Waals surface area (Å²) in [4.78, 5) is 24.0. The summed E-state index contributed by atoms with van der Waals surface area (Å²) in [5.74, 6) is 0.136. The molecule has 2 heterocycles. The fourth-order valence-corrected chi connectivity index (χ4v) is 4.62. The van der Waals surface area contributed by atoms with Gasteiger partial charge in [-0.15, -0.1) is 0 Å². The smallest absolute Gasteiger partial charge is 0.291 e. The van der Waals surface area contributed by atoms with E-state index in [0.717, 1.165) is 35.1 Å². The summed E-state index contributed by atoms with van der Waals surface area (Å²) in [6, 6.07) is 17.8. The average molecular weight is 494 g/mol. The third-order valence-electron chi connectivity index (χ3n) is 6.02. The molecule has 0 fully saturated rings. The minimum absolute atomic E-state index is 0.0846. The predicted molar refractivity (Wildman–Crippen MR) is 134 cm³/mol. The lowest BCUT2D eigenvalue weighted by Crippen LogP contribution is -2.41. The van der Waals surface area contributed by atoms with Crippen LogP contribution in [-0.2, 0) is 28.2 Å². The first kappa shape index (κ1) is 24.6. The molecule has 182 valence electrons. The van der Waals surface area contributed by atoms with Gasteiger partial charge in [-0.2, -0.15) is 5.10 Å². The Hall–Kier alpha value is -3.56. The van der Waals surface area contributed by atoms with Gasteiger partial charge in [-0.25, -0.2) is 4.21 Å². The number of furan rings is 1. The van der Waals surface area contributed by atoms with E-state index in [9.17, 15) is 13.8 Å². The van der Waals surface area contributed by atoms with Gasteiger partial charge in [0.1, 0.15) is 12.3 Å². The number of anilines is 1. The molecule has 3 atom stereocenters. The van der Waals surface area contributed by atoms with Crippen LogP contribution in [0.1, 0.15) is 47.0 Å². The van der Waals surface area contributed by atoms with E-state index in [1.165, 1.54) is 6.26 Å². The molecule has 0 bridgehead atoms. The Morgan fingerprint density at radius 1 is 1.17 bits per heavy atom. The quantitative estimate of drug-likeness (QED) is 0.336. The number of carbonyl (C=O) groups excluding carboxylic acids is 2. The number of nitrogens with zero attached hydrogens (tertiary/aromatic N) is 2. The maximum Gasteiger partial charge on any atom is 0.291 e. The number of nitrogens with one attached hydrogen (secondary N) is 1. The molecular formula is C26H27N3O5S. The Labute approximate surface area is 206 Å². The molecule has 0 saturated heterocycles. The Kier molecular flexibility index (Phi) is 7.89. The molecular weight excluding hydrogens is 466 g/mol. The third-order valence-corrected chi connectivity index (χ3v) is 6.60. The molecule has 3 aromatic rings. The molecule has 0 aliphatic carbocycles. The third kappa shape index (κ3) is 6.12. The van der Waals surface area contributed by atoms with Gasteiger partial charge in [-0.05, 0) is 53.8 Å². The number of carbonyl (C=O) groups is 2. The Balaban J connectivity index is 1.51. The summed E-state index contributed by atoms with van der Waals surface area (Å²) >= 11 is -1.89. The fraction of sp³-hybridized carbons (Fsp3) is 0.269. The molecule has 8 nitrogen and oxygen atoms in total. The van der Waals surface area contributed by atoms with Gasteiger partial charge >= 0.3 is 0 Å². The van der Waals surface area contributed by atoms with E-state index >= 15 is 0 Å². The zero-order valence-corrected chi connectivity index (χ0v) is 20.1. The van der Waals surface area contributed by atoms with Crippen LogP contribution in [0.4, 0.5) is 5.69 Å². The van der Waals surface area contributed by atoms with Crippen LogP contribution < -0.4 is 5.32 Å². The second kappa shape index (κ2) is 11.2. The zero-order valence-electron chi connectivity index (χ0n) is 19.3. The summed E-state index contributed by atoms with van der Waals surface area (Å²) < 4.78 is 25.3. The van der Waals surface area contributed by atoms with Crippen LogP contribution in [0.5, 0.6) is 0 Å². The Morgan fingerprint density at radius 3 is 2.49 bits per heavy atom. The van der Waals surface area contributed by atoms with Gasteiger partial charge in [-0.3, -0.25) is 9.80 Å². The SMILES string of the molecule is CCC1CC(C=O)N(Cc2ccc(NC(=O)c3ccco3)cc2)N=C1c1ccc(CS(=O)O)cc1. The monoisotopic (exact) mass is 493 g/mol. The molecule has 4 rings (SSSR count). The average Bonchev–Trinajstić information content (AvgIpc) is 3.40. The first-order valence-electron chi connectivity index (χ1n) is 11.4. The normalized spacial score (nSPS) is 18.6. The van der Waals surface area contributed by atoms with Crippen LogP contribution in [0.3, 0.4) is 0 Å². The highest BCUT2D eigenvalue weighted by molar-refractivity contribution is 7.78. The first-order valence-corrected chi connectivity index (χ1v) is 12.7. The molecule has 1 aliphatic heterocycles. The molecule has 0 spiro atoms. The van der Waals surface area contributed by atoms with Crippen LogP contribution in [0.15, 0.2) is 76.4 Å². The van der Waals surface area contributed by atoms with E-state index in [4.69, 9.17) is 14.1 Å². The van der Waals surface area contributed by atoms with Crippen molar-refractivity contribution < 1.29 is 22.8 Å². The summed E-state index contributed by atoms with van der Waals surface area (Å²) in [7, 11) is 0. The number of aldehydes is 1. The van der Waals surface area contributed by atoms with Crippen molar-refractivity contribution in [1.29, 1.82) is 0 Å². The van der Waals surface area contributed by atoms with Crippen LogP contribution in [0.25, 0.3) is 0 Å². The van der Waals surface area contributed by atoms with Crippen molar-refractivity contribution in [2.75, 3.05) is 5.32 Å². The first-order chi connectivity index (χ1) is 17.0. The second-order valence-electron chi connectivity index (χ2n) is 8.42. The van der Waals surface area contributed by atoms with E-state index in [0.29, 0.717) is 18.7 Å². The summed E-state index contributed by atoms with van der Waals surface area (Å²) in [5.41, 5.74) is 4.21. The summed E-state index contributed by atoms with van der Waals surface area (Å²) in [6.07, 6.45) is 3.91. The number of rotatable bonds is 9. The van der Waals surface area contributed by atoms with E-state index in [2.05, 4.69) is 12.2 Å². The number of hydrogen-bond acceptors (Lipinski definition) is 6. The zero-order chi connectivity index (χ0) is 24.8. The van der Waals surface area contributed by atoms with Crippen LogP contribution in [-0.4, -0.2) is 37.7 Å². The lowest BCUT2D eigenvalue weighted by molar-refractivity contribution is -0.113. The molecule has 1 aliphatic rings. The lowest BCUT2D eigenvalue weighted by atomic mass is 9.87. The number of hydrogen-bond donors (Lipinski definition) is 2. The highest BCUT2D eigenvalue weighted by Crippen LogP contribution is 2.28. The molecule has 1 amide bonds. The maximum atomic E-state index is 12.2. The van der Waals surface area contributed by atoms with Crippen molar-refractivity contribution in [3.63, 3.8) is 0 Å². The summed E-state index contributed by atoms with van der Waals surface area (Å²) in [6.45, 7) is 2.52. The van der Waals surface area contributed by atoms with Crippen molar-refractivity contribution in [3.8, 4) is 0 Å². The van der Waals surface area contributed by atoms with E-state index in [1.54, 1.807) is 24.3 Å². The standard InChI is InChI=1S/C26H27N3O5S/c1-2-20-14-23(16-30)29(28-25(20)21-9-5-19(6-10-21)17-35(32)33)15-18-7-11-22(12-8-18)27-26(31)24-4-3-13-34-24/h3-13,16,20,23H,2,14-15,17H2,1H3,(H,27,31)(H,32,33). The molecule has 2 N–H and O–H groups in total. The summed E-state index contributed by atoms with van der Waals surface area (Å²) in [5, 5.41) is 9.47. The molecule has 9 heteroatoms. The van der Waals surface area contributed by atoms with Gasteiger partial charge in [0, 0.05) is 11.6 Å². The van der Waals surface area contributed by atoms with Gasteiger partial charge in [0.15, 0.2) is 16.8 Å². The van der Waals surface area contributed by atoms with Crippen LogP contribution in [0, 0.1) is 5.92 Å². The molecule has 0 saturated carbocycles. The topological polar surface area (TPSA) is 112 Å². The van der Waals surface area contributed by atoms with E-state index in [-0.39, 0.29) is 29.4 Å². The molecule has 3 unspecified atom stereocenters. The van der Waals surface area contributed by atoms with Crippen LogP contribution in [0.2, 0.25) is 0 Å².